The molecule has 1 saturated heterocycles. The standard InChI is InChI=1S/C19H30N6O2.ClH/c1-5-8-15(17-20-21-22-25(17)19(3,4)6-2)23-10-12-24(13-11-23)18(26)16-9-7-14-27-16;/h7,9,14-15H,5-6,8,10-13H2,1-4H3;1H/p-1. The van der Waals surface area contributed by atoms with Gasteiger partial charge in [-0.25, -0.2) is 4.68 Å². The predicted octanol–water partition coefficient (Wildman–Crippen LogP) is -0.286. The SMILES string of the molecule is CCCC(c1nnnn1C(C)(C)CC)N1CCN(C(=O)c2ccco2)CC1.[Cl-]. The molecule has 0 aromatic carbocycles. The van der Waals surface area contributed by atoms with Crippen LogP contribution >= 0.6 is 0 Å². The Bertz CT molecular complexity index is 737. The number of piperazine rings is 1. The molecule has 8 nitrogen and oxygen atoms in total. The van der Waals surface area contributed by atoms with E-state index in [1.807, 2.05) is 9.58 Å². The highest BCUT2D eigenvalue weighted by molar-refractivity contribution is 5.91. The molecular formula is C19H30ClN6O2-. The lowest BCUT2D eigenvalue weighted by Gasteiger charge is -2.39. The predicted molar refractivity (Wildman–Crippen MR) is 101 cm³/mol. The molecule has 1 aliphatic rings. The van der Waals surface area contributed by atoms with Crippen molar-refractivity contribution in [3.8, 4) is 0 Å². The van der Waals surface area contributed by atoms with E-state index in [1.165, 1.54) is 6.26 Å². The lowest BCUT2D eigenvalue weighted by molar-refractivity contribution is -0.0000176. The fourth-order valence-corrected chi connectivity index (χ4v) is 3.52. The van der Waals surface area contributed by atoms with Gasteiger partial charge in [-0.3, -0.25) is 9.69 Å². The Hall–Kier alpha value is -1.93. The largest absolute Gasteiger partial charge is 1.00 e. The van der Waals surface area contributed by atoms with Crippen LogP contribution in [-0.2, 0) is 5.54 Å². The van der Waals surface area contributed by atoms with Crippen molar-refractivity contribution in [3.63, 3.8) is 0 Å². The number of aromatic nitrogens is 4. The number of hydrogen-bond acceptors (Lipinski definition) is 6. The average Bonchev–Trinajstić information content (AvgIpc) is 3.38. The molecule has 28 heavy (non-hydrogen) atoms. The molecule has 9 heteroatoms. The summed E-state index contributed by atoms with van der Waals surface area (Å²) >= 11 is 0. The maximum absolute atomic E-state index is 12.5. The minimum atomic E-state index is -0.123. The van der Waals surface area contributed by atoms with E-state index in [1.54, 1.807) is 12.1 Å². The smallest absolute Gasteiger partial charge is 0.289 e. The number of furan rings is 1. The van der Waals surface area contributed by atoms with Crippen molar-refractivity contribution in [1.82, 2.24) is 30.0 Å². The summed E-state index contributed by atoms with van der Waals surface area (Å²) in [5, 5.41) is 12.6. The molecule has 1 aliphatic heterocycles. The molecule has 3 heterocycles. The number of nitrogens with zero attached hydrogens (tertiary/aromatic N) is 6. The second kappa shape index (κ2) is 9.52. The van der Waals surface area contributed by atoms with Gasteiger partial charge in [0.15, 0.2) is 11.6 Å². The molecule has 156 valence electrons. The number of carbonyl (C=O) groups excluding carboxylic acids is 1. The fourth-order valence-electron chi connectivity index (χ4n) is 3.52. The first-order chi connectivity index (χ1) is 13.0. The highest BCUT2D eigenvalue weighted by Gasteiger charge is 2.33. The Morgan fingerprint density at radius 2 is 1.96 bits per heavy atom. The molecule has 1 fully saturated rings. The van der Waals surface area contributed by atoms with Crippen molar-refractivity contribution in [2.75, 3.05) is 26.2 Å². The van der Waals surface area contributed by atoms with Crippen LogP contribution in [0, 0.1) is 0 Å². The van der Waals surface area contributed by atoms with Gasteiger partial charge >= 0.3 is 0 Å². The van der Waals surface area contributed by atoms with Crippen LogP contribution in [0.2, 0.25) is 0 Å². The Kier molecular flexibility index (Phi) is 7.60. The minimum absolute atomic E-state index is 0. The highest BCUT2D eigenvalue weighted by atomic mass is 35.5. The van der Waals surface area contributed by atoms with Crippen LogP contribution in [0.4, 0.5) is 0 Å². The molecule has 0 saturated carbocycles. The second-order valence-electron chi connectivity index (χ2n) is 7.72. The summed E-state index contributed by atoms with van der Waals surface area (Å²) in [6.07, 6.45) is 4.54. The van der Waals surface area contributed by atoms with Gasteiger partial charge in [0.25, 0.3) is 5.91 Å². The van der Waals surface area contributed by atoms with Gasteiger partial charge < -0.3 is 21.7 Å². The molecule has 1 unspecified atom stereocenters. The molecule has 0 spiro atoms. The van der Waals surface area contributed by atoms with Gasteiger partial charge in [0.05, 0.1) is 17.8 Å². The first-order valence-corrected chi connectivity index (χ1v) is 9.83. The Labute approximate surface area is 172 Å². The molecule has 1 atom stereocenters. The van der Waals surface area contributed by atoms with E-state index in [4.69, 9.17) is 4.42 Å². The number of hydrogen-bond donors (Lipinski definition) is 0. The van der Waals surface area contributed by atoms with E-state index in [0.717, 1.165) is 38.2 Å². The van der Waals surface area contributed by atoms with Crippen molar-refractivity contribution in [3.05, 3.63) is 30.0 Å². The first kappa shape index (κ1) is 22.4. The third-order valence-electron chi connectivity index (χ3n) is 5.57. The molecule has 0 N–H and O–H groups in total. The third-order valence-corrected chi connectivity index (χ3v) is 5.57. The molecule has 0 radical (unpaired) electrons. The minimum Gasteiger partial charge on any atom is -1.00 e. The summed E-state index contributed by atoms with van der Waals surface area (Å²) in [7, 11) is 0. The van der Waals surface area contributed by atoms with Gasteiger partial charge in [-0.15, -0.1) is 5.10 Å². The maximum atomic E-state index is 12.5. The summed E-state index contributed by atoms with van der Waals surface area (Å²) in [5.41, 5.74) is -0.123. The van der Waals surface area contributed by atoms with Crippen LogP contribution in [0.5, 0.6) is 0 Å². The Balaban J connectivity index is 0.00000280. The van der Waals surface area contributed by atoms with Crippen LogP contribution in [0.1, 0.15) is 69.4 Å². The molecule has 2 aromatic heterocycles. The summed E-state index contributed by atoms with van der Waals surface area (Å²) in [6, 6.07) is 3.63. The summed E-state index contributed by atoms with van der Waals surface area (Å²) in [4.78, 5) is 16.8. The van der Waals surface area contributed by atoms with Gasteiger partial charge in [-0.05, 0) is 49.2 Å². The van der Waals surface area contributed by atoms with Crippen molar-refractivity contribution in [1.29, 1.82) is 0 Å². The van der Waals surface area contributed by atoms with E-state index in [9.17, 15) is 4.79 Å². The van der Waals surface area contributed by atoms with Crippen molar-refractivity contribution in [2.24, 2.45) is 0 Å². The number of rotatable bonds is 7. The van der Waals surface area contributed by atoms with Gasteiger partial charge in [-0.1, -0.05) is 20.3 Å². The molecule has 0 bridgehead atoms. The summed E-state index contributed by atoms with van der Waals surface area (Å²) in [5.74, 6) is 1.29. The normalized spacial score (nSPS) is 16.6. The zero-order chi connectivity index (χ0) is 19.4. The Morgan fingerprint density at radius 1 is 1.25 bits per heavy atom. The Morgan fingerprint density at radius 3 is 2.54 bits per heavy atom. The fraction of sp³-hybridized carbons (Fsp3) is 0.684. The molecular weight excluding hydrogens is 380 g/mol. The first-order valence-electron chi connectivity index (χ1n) is 9.83. The van der Waals surface area contributed by atoms with Gasteiger partial charge in [0.2, 0.25) is 0 Å². The quantitative estimate of drug-likeness (QED) is 0.625. The second-order valence-corrected chi connectivity index (χ2v) is 7.72. The van der Waals surface area contributed by atoms with Crippen LogP contribution in [0.3, 0.4) is 0 Å². The van der Waals surface area contributed by atoms with Crippen LogP contribution < -0.4 is 12.4 Å². The van der Waals surface area contributed by atoms with Gasteiger partial charge in [0, 0.05) is 26.2 Å². The number of halogens is 1. The average molecular weight is 410 g/mol. The topological polar surface area (TPSA) is 80.3 Å². The van der Waals surface area contributed by atoms with Crippen molar-refractivity contribution in [2.45, 2.75) is 58.5 Å². The van der Waals surface area contributed by atoms with Crippen LogP contribution in [-0.4, -0.2) is 62.1 Å². The van der Waals surface area contributed by atoms with E-state index in [0.29, 0.717) is 18.8 Å². The van der Waals surface area contributed by atoms with Gasteiger partial charge in [-0.2, -0.15) is 0 Å². The number of amides is 1. The van der Waals surface area contributed by atoms with Crippen molar-refractivity contribution < 1.29 is 21.6 Å². The zero-order valence-corrected chi connectivity index (χ0v) is 17.9. The van der Waals surface area contributed by atoms with E-state index >= 15 is 0 Å². The van der Waals surface area contributed by atoms with E-state index in [-0.39, 0.29) is 29.9 Å². The van der Waals surface area contributed by atoms with Crippen molar-refractivity contribution >= 4 is 5.91 Å². The summed E-state index contributed by atoms with van der Waals surface area (Å²) in [6.45, 7) is 11.6. The van der Waals surface area contributed by atoms with Crippen LogP contribution in [0.25, 0.3) is 0 Å². The summed E-state index contributed by atoms with van der Waals surface area (Å²) < 4.78 is 7.23. The number of carbonyl (C=O) groups is 1. The van der Waals surface area contributed by atoms with Gasteiger partial charge in [0.1, 0.15) is 0 Å². The monoisotopic (exact) mass is 409 g/mol. The highest BCUT2D eigenvalue weighted by Crippen LogP contribution is 2.29. The molecule has 1 amide bonds. The zero-order valence-electron chi connectivity index (χ0n) is 17.1. The number of tetrazole rings is 1. The van der Waals surface area contributed by atoms with E-state index in [2.05, 4.69) is 48.1 Å². The third kappa shape index (κ3) is 4.55. The van der Waals surface area contributed by atoms with Crippen LogP contribution in [0.15, 0.2) is 22.8 Å². The maximum Gasteiger partial charge on any atom is 0.289 e. The lowest BCUT2D eigenvalue weighted by atomic mass is 10.0. The molecule has 2 aromatic rings. The lowest BCUT2D eigenvalue weighted by Crippen LogP contribution is -3.00. The van der Waals surface area contributed by atoms with E-state index < -0.39 is 0 Å². The molecule has 3 rings (SSSR count). The molecule has 0 aliphatic carbocycles.